The Kier molecular flexibility index (Phi) is 7.05. The summed E-state index contributed by atoms with van der Waals surface area (Å²) < 4.78 is 0. The van der Waals surface area contributed by atoms with Gasteiger partial charge < -0.3 is 20.9 Å². The third kappa shape index (κ3) is 6.55. The largest absolute Gasteiger partial charge is 0.350 e. The molecular weight excluding hydrogens is 356 g/mol. The highest BCUT2D eigenvalue weighted by molar-refractivity contribution is 5.97. The molecule has 1 aromatic rings. The molecule has 1 heterocycles. The van der Waals surface area contributed by atoms with Gasteiger partial charge in [-0.05, 0) is 70.2 Å². The van der Waals surface area contributed by atoms with E-state index in [0.717, 1.165) is 31.5 Å². The Morgan fingerprint density at radius 1 is 1.14 bits per heavy atom. The fraction of sp³-hybridized carbons (Fsp3) is 0.571. The van der Waals surface area contributed by atoms with Crippen LogP contribution in [0.2, 0.25) is 0 Å². The second kappa shape index (κ2) is 9.08. The van der Waals surface area contributed by atoms with Crippen LogP contribution in [0, 0.1) is 12.8 Å². The maximum atomic E-state index is 12.7. The van der Waals surface area contributed by atoms with Crippen molar-refractivity contribution in [2.75, 3.05) is 25.0 Å². The normalized spacial score (nSPS) is 15.1. The van der Waals surface area contributed by atoms with Gasteiger partial charge in [0.15, 0.2) is 0 Å². The van der Waals surface area contributed by atoms with Gasteiger partial charge in [-0.3, -0.25) is 9.59 Å². The standard InChI is InChI=1S/C21H32N4O3/c1-14-8-10-25(11-9-14)19(27)16-6-7-17(15(2)12-16)23-20(28)22-13-18(26)24-21(3,4)5/h6-7,12,14H,8-11,13H2,1-5H3,(H,24,26)(H2,22,23,28). The van der Waals surface area contributed by atoms with E-state index in [2.05, 4.69) is 22.9 Å². The van der Waals surface area contributed by atoms with Crippen molar-refractivity contribution in [3.8, 4) is 0 Å². The van der Waals surface area contributed by atoms with Crippen LogP contribution in [0.5, 0.6) is 0 Å². The molecule has 2 rings (SSSR count). The van der Waals surface area contributed by atoms with Crippen molar-refractivity contribution >= 4 is 23.5 Å². The number of carbonyl (C=O) groups excluding carboxylic acids is 3. The molecule has 1 aromatic carbocycles. The number of hydrogen-bond donors (Lipinski definition) is 3. The molecule has 7 heteroatoms. The number of aryl methyl sites for hydroxylation is 1. The Labute approximate surface area is 167 Å². The summed E-state index contributed by atoms with van der Waals surface area (Å²) in [5, 5.41) is 8.04. The summed E-state index contributed by atoms with van der Waals surface area (Å²) in [5.74, 6) is 0.447. The molecule has 1 aliphatic heterocycles. The van der Waals surface area contributed by atoms with E-state index in [4.69, 9.17) is 0 Å². The number of piperidine rings is 1. The van der Waals surface area contributed by atoms with Crippen molar-refractivity contribution in [2.24, 2.45) is 5.92 Å². The van der Waals surface area contributed by atoms with Gasteiger partial charge >= 0.3 is 6.03 Å². The van der Waals surface area contributed by atoms with Gasteiger partial charge in [0.25, 0.3) is 5.91 Å². The molecule has 0 bridgehead atoms. The molecule has 0 radical (unpaired) electrons. The monoisotopic (exact) mass is 388 g/mol. The minimum atomic E-state index is -0.462. The molecule has 0 aromatic heterocycles. The fourth-order valence-electron chi connectivity index (χ4n) is 3.12. The number of carbonyl (C=O) groups is 3. The first-order chi connectivity index (χ1) is 13.0. The summed E-state index contributed by atoms with van der Waals surface area (Å²) in [4.78, 5) is 38.4. The smallest absolute Gasteiger partial charge is 0.319 e. The summed E-state index contributed by atoms with van der Waals surface area (Å²) in [6, 6.07) is 4.79. The van der Waals surface area contributed by atoms with Crippen LogP contribution in [0.3, 0.4) is 0 Å². The maximum absolute atomic E-state index is 12.7. The lowest BCUT2D eigenvalue weighted by atomic mass is 9.98. The van der Waals surface area contributed by atoms with E-state index in [-0.39, 0.29) is 23.9 Å². The van der Waals surface area contributed by atoms with Crippen molar-refractivity contribution in [3.05, 3.63) is 29.3 Å². The molecule has 28 heavy (non-hydrogen) atoms. The first-order valence-electron chi connectivity index (χ1n) is 9.81. The van der Waals surface area contributed by atoms with Gasteiger partial charge in [-0.15, -0.1) is 0 Å². The van der Waals surface area contributed by atoms with E-state index in [9.17, 15) is 14.4 Å². The first kappa shape index (κ1) is 21.7. The van der Waals surface area contributed by atoms with Gasteiger partial charge in [0.2, 0.25) is 5.91 Å². The lowest BCUT2D eigenvalue weighted by molar-refractivity contribution is -0.121. The highest BCUT2D eigenvalue weighted by Gasteiger charge is 2.22. The zero-order valence-corrected chi connectivity index (χ0v) is 17.5. The number of urea groups is 1. The molecule has 4 amide bonds. The lowest BCUT2D eigenvalue weighted by Crippen LogP contribution is -2.46. The van der Waals surface area contributed by atoms with Gasteiger partial charge in [0, 0.05) is 29.9 Å². The van der Waals surface area contributed by atoms with E-state index in [1.807, 2.05) is 32.6 Å². The topological polar surface area (TPSA) is 90.5 Å². The highest BCUT2D eigenvalue weighted by atomic mass is 16.2. The van der Waals surface area contributed by atoms with Crippen molar-refractivity contribution < 1.29 is 14.4 Å². The molecule has 0 atom stereocenters. The molecule has 1 fully saturated rings. The fourth-order valence-corrected chi connectivity index (χ4v) is 3.12. The summed E-state index contributed by atoms with van der Waals surface area (Å²) in [6.07, 6.45) is 2.07. The second-order valence-corrected chi connectivity index (χ2v) is 8.61. The quantitative estimate of drug-likeness (QED) is 0.741. The molecule has 0 unspecified atom stereocenters. The molecule has 1 saturated heterocycles. The van der Waals surface area contributed by atoms with Crippen LogP contribution in [-0.2, 0) is 4.79 Å². The van der Waals surface area contributed by atoms with E-state index in [1.165, 1.54) is 0 Å². The van der Waals surface area contributed by atoms with Crippen LogP contribution in [0.25, 0.3) is 0 Å². The number of benzene rings is 1. The Morgan fingerprint density at radius 3 is 2.36 bits per heavy atom. The summed E-state index contributed by atoms with van der Waals surface area (Å²) in [6.45, 7) is 11.2. The number of nitrogens with one attached hydrogen (secondary N) is 3. The third-order valence-electron chi connectivity index (χ3n) is 4.72. The van der Waals surface area contributed by atoms with Crippen LogP contribution in [0.1, 0.15) is 56.5 Å². The summed E-state index contributed by atoms with van der Waals surface area (Å²) in [5.41, 5.74) is 1.69. The zero-order valence-electron chi connectivity index (χ0n) is 17.5. The molecule has 154 valence electrons. The predicted molar refractivity (Wildman–Crippen MR) is 110 cm³/mol. The van der Waals surface area contributed by atoms with Crippen molar-refractivity contribution in [1.82, 2.24) is 15.5 Å². The Balaban J connectivity index is 1.90. The first-order valence-corrected chi connectivity index (χ1v) is 9.81. The van der Waals surface area contributed by atoms with E-state index < -0.39 is 6.03 Å². The van der Waals surface area contributed by atoms with E-state index in [0.29, 0.717) is 17.2 Å². The SMILES string of the molecule is Cc1cc(C(=O)N2CCC(C)CC2)ccc1NC(=O)NCC(=O)NC(C)(C)C. The second-order valence-electron chi connectivity index (χ2n) is 8.61. The van der Waals surface area contributed by atoms with Crippen LogP contribution in [0.4, 0.5) is 10.5 Å². The minimum Gasteiger partial charge on any atom is -0.350 e. The molecule has 0 spiro atoms. The Bertz CT molecular complexity index is 732. The number of hydrogen-bond acceptors (Lipinski definition) is 3. The lowest BCUT2D eigenvalue weighted by Gasteiger charge is -2.30. The molecule has 7 nitrogen and oxygen atoms in total. The van der Waals surface area contributed by atoms with Gasteiger partial charge in [-0.25, -0.2) is 4.79 Å². The van der Waals surface area contributed by atoms with Crippen LogP contribution in [0.15, 0.2) is 18.2 Å². The maximum Gasteiger partial charge on any atom is 0.319 e. The van der Waals surface area contributed by atoms with Gasteiger partial charge in [-0.2, -0.15) is 0 Å². The van der Waals surface area contributed by atoms with Crippen molar-refractivity contribution in [1.29, 1.82) is 0 Å². The van der Waals surface area contributed by atoms with Crippen LogP contribution in [-0.4, -0.2) is 47.9 Å². The van der Waals surface area contributed by atoms with Gasteiger partial charge in [0.05, 0.1) is 6.54 Å². The van der Waals surface area contributed by atoms with Crippen LogP contribution >= 0.6 is 0 Å². The average Bonchev–Trinajstić information content (AvgIpc) is 2.60. The molecule has 0 saturated carbocycles. The summed E-state index contributed by atoms with van der Waals surface area (Å²) in [7, 11) is 0. The van der Waals surface area contributed by atoms with Crippen molar-refractivity contribution in [3.63, 3.8) is 0 Å². The third-order valence-corrected chi connectivity index (χ3v) is 4.72. The summed E-state index contributed by atoms with van der Waals surface area (Å²) >= 11 is 0. The van der Waals surface area contributed by atoms with Gasteiger partial charge in [-0.1, -0.05) is 6.92 Å². The Hall–Kier alpha value is -2.57. The minimum absolute atomic E-state index is 0.0323. The molecule has 3 N–H and O–H groups in total. The van der Waals surface area contributed by atoms with E-state index in [1.54, 1.807) is 18.2 Å². The molecular formula is C21H32N4O3. The number of rotatable bonds is 4. The highest BCUT2D eigenvalue weighted by Crippen LogP contribution is 2.21. The van der Waals surface area contributed by atoms with Crippen molar-refractivity contribution in [2.45, 2.75) is 53.0 Å². The van der Waals surface area contributed by atoms with E-state index >= 15 is 0 Å². The number of nitrogens with zero attached hydrogens (tertiary/aromatic N) is 1. The number of anilines is 1. The zero-order chi connectivity index (χ0) is 20.9. The van der Waals surface area contributed by atoms with Gasteiger partial charge in [0.1, 0.15) is 0 Å². The average molecular weight is 389 g/mol. The number of amides is 4. The number of likely N-dealkylation sites (tertiary alicyclic amines) is 1. The van der Waals surface area contributed by atoms with Crippen LogP contribution < -0.4 is 16.0 Å². The Morgan fingerprint density at radius 2 is 1.79 bits per heavy atom. The molecule has 1 aliphatic rings. The molecule has 0 aliphatic carbocycles. The predicted octanol–water partition coefficient (Wildman–Crippen LogP) is 2.90.